The summed E-state index contributed by atoms with van der Waals surface area (Å²) in [5.41, 5.74) is 7.50. The van der Waals surface area contributed by atoms with Gasteiger partial charge in [-0.25, -0.2) is 4.79 Å². The van der Waals surface area contributed by atoms with Crippen LogP contribution in [-0.2, 0) is 16.8 Å². The van der Waals surface area contributed by atoms with Gasteiger partial charge in [-0.05, 0) is 18.1 Å². The monoisotopic (exact) mass is 234 g/mol. The zero-order valence-electron chi connectivity index (χ0n) is 10.3. The third-order valence-corrected chi connectivity index (χ3v) is 3.64. The Morgan fingerprint density at radius 1 is 1.41 bits per heavy atom. The molecule has 0 radical (unpaired) electrons. The van der Waals surface area contributed by atoms with Crippen molar-refractivity contribution in [3.05, 3.63) is 35.4 Å². The van der Waals surface area contributed by atoms with Gasteiger partial charge in [0.2, 0.25) is 0 Å². The van der Waals surface area contributed by atoms with E-state index < -0.39 is 0 Å². The normalized spacial score (nSPS) is 24.6. The molecule has 1 aromatic rings. The lowest BCUT2D eigenvalue weighted by molar-refractivity contribution is 0.0147. The van der Waals surface area contributed by atoms with Gasteiger partial charge in [-0.1, -0.05) is 24.3 Å². The molecule has 1 unspecified atom stereocenters. The highest BCUT2D eigenvalue weighted by Gasteiger charge is 2.38. The average molecular weight is 234 g/mol. The van der Waals surface area contributed by atoms with Gasteiger partial charge in [0.05, 0.1) is 12.1 Å². The van der Waals surface area contributed by atoms with Crippen LogP contribution in [0, 0.1) is 0 Å². The Morgan fingerprint density at radius 3 is 2.65 bits per heavy atom. The second-order valence-electron chi connectivity index (χ2n) is 4.60. The summed E-state index contributed by atoms with van der Waals surface area (Å²) in [5.74, 6) is 0. The van der Waals surface area contributed by atoms with E-state index in [-0.39, 0.29) is 11.6 Å². The SMILES string of the molecule is CN1C(=O)OCCC1(C)c1ccc(CN)cc1. The number of hydrogen-bond acceptors (Lipinski definition) is 3. The molecule has 0 aliphatic carbocycles. The first kappa shape index (κ1) is 11.9. The molecule has 0 bridgehead atoms. The number of nitrogens with zero attached hydrogens (tertiary/aromatic N) is 1. The molecular formula is C13H18N2O2. The van der Waals surface area contributed by atoms with Crippen LogP contribution in [-0.4, -0.2) is 24.6 Å². The van der Waals surface area contributed by atoms with Crippen LogP contribution in [0.2, 0.25) is 0 Å². The van der Waals surface area contributed by atoms with Gasteiger partial charge in [0.15, 0.2) is 0 Å². The summed E-state index contributed by atoms with van der Waals surface area (Å²) in [6, 6.07) is 8.09. The van der Waals surface area contributed by atoms with Gasteiger partial charge < -0.3 is 15.4 Å². The van der Waals surface area contributed by atoms with Crippen LogP contribution in [0.5, 0.6) is 0 Å². The van der Waals surface area contributed by atoms with Crippen LogP contribution in [0.25, 0.3) is 0 Å². The van der Waals surface area contributed by atoms with Gasteiger partial charge in [0.1, 0.15) is 0 Å². The Bertz CT molecular complexity index is 416. The Balaban J connectivity index is 2.32. The maximum Gasteiger partial charge on any atom is 0.410 e. The predicted molar refractivity (Wildman–Crippen MR) is 65.4 cm³/mol. The van der Waals surface area contributed by atoms with E-state index in [0.717, 1.165) is 17.5 Å². The van der Waals surface area contributed by atoms with Crippen LogP contribution in [0.15, 0.2) is 24.3 Å². The maximum absolute atomic E-state index is 11.6. The van der Waals surface area contributed by atoms with Crippen LogP contribution in [0.4, 0.5) is 4.79 Å². The highest BCUT2D eigenvalue weighted by atomic mass is 16.6. The van der Waals surface area contributed by atoms with Crippen molar-refractivity contribution in [1.29, 1.82) is 0 Å². The van der Waals surface area contributed by atoms with E-state index in [0.29, 0.717) is 13.2 Å². The molecule has 1 saturated heterocycles. The first-order valence-electron chi connectivity index (χ1n) is 5.78. The fourth-order valence-electron chi connectivity index (χ4n) is 2.14. The van der Waals surface area contributed by atoms with Crippen LogP contribution in [0.1, 0.15) is 24.5 Å². The number of cyclic esters (lactones) is 1. The zero-order chi connectivity index (χ0) is 12.5. The van der Waals surface area contributed by atoms with Crippen molar-refractivity contribution in [2.24, 2.45) is 5.73 Å². The molecule has 1 amide bonds. The minimum absolute atomic E-state index is 0.262. The van der Waals surface area contributed by atoms with Gasteiger partial charge in [0, 0.05) is 20.0 Å². The Morgan fingerprint density at radius 2 is 2.06 bits per heavy atom. The third kappa shape index (κ3) is 2.00. The standard InChI is InChI=1S/C13H18N2O2/c1-13(7-8-17-12(16)15(13)2)11-5-3-10(9-14)4-6-11/h3-6H,7-9,14H2,1-2H3. The van der Waals surface area contributed by atoms with Gasteiger partial charge in [-0.2, -0.15) is 0 Å². The molecule has 2 N–H and O–H groups in total. The maximum atomic E-state index is 11.6. The van der Waals surface area contributed by atoms with Crippen molar-refractivity contribution in [3.63, 3.8) is 0 Å². The molecule has 2 rings (SSSR count). The van der Waals surface area contributed by atoms with E-state index in [2.05, 4.69) is 6.92 Å². The van der Waals surface area contributed by atoms with Crippen molar-refractivity contribution in [3.8, 4) is 0 Å². The minimum Gasteiger partial charge on any atom is -0.449 e. The first-order chi connectivity index (χ1) is 8.08. The number of amides is 1. The van der Waals surface area contributed by atoms with E-state index in [1.807, 2.05) is 24.3 Å². The molecule has 92 valence electrons. The molecule has 1 fully saturated rings. The molecule has 0 saturated carbocycles. The molecule has 1 aliphatic rings. The predicted octanol–water partition coefficient (Wildman–Crippen LogP) is 1.83. The summed E-state index contributed by atoms with van der Waals surface area (Å²) in [5, 5.41) is 0. The Kier molecular flexibility index (Phi) is 3.07. The van der Waals surface area contributed by atoms with Gasteiger partial charge in [0.25, 0.3) is 0 Å². The summed E-state index contributed by atoms with van der Waals surface area (Å²) in [7, 11) is 1.78. The van der Waals surface area contributed by atoms with Crippen molar-refractivity contribution in [2.75, 3.05) is 13.7 Å². The minimum atomic E-state index is -0.289. The lowest BCUT2D eigenvalue weighted by atomic mass is 9.86. The number of rotatable bonds is 2. The summed E-state index contributed by atoms with van der Waals surface area (Å²) < 4.78 is 5.02. The van der Waals surface area contributed by atoms with E-state index >= 15 is 0 Å². The molecule has 0 spiro atoms. The summed E-state index contributed by atoms with van der Waals surface area (Å²) >= 11 is 0. The number of hydrogen-bond donors (Lipinski definition) is 1. The van der Waals surface area contributed by atoms with E-state index in [4.69, 9.17) is 10.5 Å². The number of carbonyl (C=O) groups excluding carboxylic acids is 1. The van der Waals surface area contributed by atoms with Crippen molar-refractivity contribution >= 4 is 6.09 Å². The fourth-order valence-corrected chi connectivity index (χ4v) is 2.14. The molecule has 4 nitrogen and oxygen atoms in total. The van der Waals surface area contributed by atoms with Gasteiger partial charge in [-0.15, -0.1) is 0 Å². The van der Waals surface area contributed by atoms with E-state index in [1.54, 1.807) is 11.9 Å². The quantitative estimate of drug-likeness (QED) is 0.849. The average Bonchev–Trinajstić information content (AvgIpc) is 2.36. The first-order valence-corrected chi connectivity index (χ1v) is 5.78. The van der Waals surface area contributed by atoms with Gasteiger partial charge in [-0.3, -0.25) is 0 Å². The highest BCUT2D eigenvalue weighted by molar-refractivity contribution is 5.69. The summed E-state index contributed by atoms with van der Waals surface area (Å²) in [4.78, 5) is 13.3. The molecular weight excluding hydrogens is 216 g/mol. The largest absolute Gasteiger partial charge is 0.449 e. The molecule has 1 atom stereocenters. The number of benzene rings is 1. The Labute approximate surface area is 101 Å². The number of carbonyl (C=O) groups is 1. The van der Waals surface area contributed by atoms with E-state index in [1.165, 1.54) is 0 Å². The zero-order valence-corrected chi connectivity index (χ0v) is 10.3. The van der Waals surface area contributed by atoms with E-state index in [9.17, 15) is 4.79 Å². The lowest BCUT2D eigenvalue weighted by Crippen LogP contribution is -2.49. The van der Waals surface area contributed by atoms with Crippen molar-refractivity contribution in [2.45, 2.75) is 25.4 Å². The molecule has 4 heteroatoms. The number of nitrogens with two attached hydrogens (primary N) is 1. The highest BCUT2D eigenvalue weighted by Crippen LogP contribution is 2.34. The molecule has 0 aromatic heterocycles. The molecule has 1 heterocycles. The van der Waals surface area contributed by atoms with Crippen LogP contribution >= 0.6 is 0 Å². The lowest BCUT2D eigenvalue weighted by Gasteiger charge is -2.42. The molecule has 17 heavy (non-hydrogen) atoms. The topological polar surface area (TPSA) is 55.6 Å². The van der Waals surface area contributed by atoms with Crippen LogP contribution < -0.4 is 5.73 Å². The van der Waals surface area contributed by atoms with Gasteiger partial charge >= 0.3 is 6.09 Å². The van der Waals surface area contributed by atoms with Crippen LogP contribution in [0.3, 0.4) is 0 Å². The number of ether oxygens (including phenoxy) is 1. The second kappa shape index (κ2) is 4.37. The Hall–Kier alpha value is -1.55. The van der Waals surface area contributed by atoms with Crippen molar-refractivity contribution in [1.82, 2.24) is 4.90 Å². The molecule has 1 aliphatic heterocycles. The smallest absolute Gasteiger partial charge is 0.410 e. The summed E-state index contributed by atoms with van der Waals surface area (Å²) in [6.45, 7) is 3.07. The third-order valence-electron chi connectivity index (χ3n) is 3.64. The fraction of sp³-hybridized carbons (Fsp3) is 0.462. The molecule has 1 aromatic carbocycles. The second-order valence-corrected chi connectivity index (χ2v) is 4.60. The summed E-state index contributed by atoms with van der Waals surface area (Å²) in [6.07, 6.45) is 0.540. The van der Waals surface area contributed by atoms with Crippen molar-refractivity contribution < 1.29 is 9.53 Å².